The highest BCUT2D eigenvalue weighted by Gasteiger charge is 2.23. The molecule has 0 aliphatic carbocycles. The first kappa shape index (κ1) is 10.8. The number of halogens is 1. The number of fused-ring (bicyclic) bond motifs is 1. The van der Waals surface area contributed by atoms with Gasteiger partial charge in [-0.3, -0.25) is 4.79 Å². The Morgan fingerprint density at radius 2 is 2.31 bits per heavy atom. The number of aliphatic carboxylic acids is 1. The summed E-state index contributed by atoms with van der Waals surface area (Å²) in [5.74, 6) is -1.11. The van der Waals surface area contributed by atoms with Gasteiger partial charge in [-0.1, -0.05) is 0 Å². The molecule has 2 rings (SSSR count). The van der Waals surface area contributed by atoms with Crippen molar-refractivity contribution in [3.8, 4) is 0 Å². The summed E-state index contributed by atoms with van der Waals surface area (Å²) in [6, 6.07) is 0. The van der Waals surface area contributed by atoms with E-state index >= 15 is 0 Å². The van der Waals surface area contributed by atoms with Gasteiger partial charge in [-0.15, -0.1) is 0 Å². The van der Waals surface area contributed by atoms with Crippen LogP contribution in [0.25, 0.3) is 0 Å². The Morgan fingerprint density at radius 3 is 3.00 bits per heavy atom. The van der Waals surface area contributed by atoms with Crippen molar-refractivity contribution in [3.63, 3.8) is 0 Å². The van der Waals surface area contributed by atoms with Crippen LogP contribution in [0.1, 0.15) is 0 Å². The minimum absolute atomic E-state index is 0.170. The zero-order chi connectivity index (χ0) is 11.7. The second-order valence-corrected chi connectivity index (χ2v) is 4.17. The maximum absolute atomic E-state index is 11.5. The van der Waals surface area contributed by atoms with Gasteiger partial charge in [0.2, 0.25) is 0 Å². The van der Waals surface area contributed by atoms with Crippen molar-refractivity contribution in [1.29, 1.82) is 0 Å². The van der Waals surface area contributed by atoms with Gasteiger partial charge in [0.1, 0.15) is 5.84 Å². The van der Waals surface area contributed by atoms with Gasteiger partial charge >= 0.3 is 5.97 Å². The Labute approximate surface area is 99.6 Å². The zero-order valence-corrected chi connectivity index (χ0v) is 9.64. The van der Waals surface area contributed by atoms with Crippen molar-refractivity contribution in [2.45, 2.75) is 0 Å². The molecule has 0 aromatic rings. The molecule has 0 saturated heterocycles. The van der Waals surface area contributed by atoms with Crippen LogP contribution >= 0.6 is 15.9 Å². The third-order valence-corrected chi connectivity index (χ3v) is 2.56. The Morgan fingerprint density at radius 1 is 1.56 bits per heavy atom. The van der Waals surface area contributed by atoms with Gasteiger partial charge in [-0.25, -0.2) is 4.79 Å². The molecule has 2 heterocycles. The van der Waals surface area contributed by atoms with Crippen molar-refractivity contribution in [2.24, 2.45) is 4.99 Å². The topological polar surface area (TPSA) is 70.0 Å². The lowest BCUT2D eigenvalue weighted by atomic mass is 10.1. The van der Waals surface area contributed by atoms with Crippen molar-refractivity contribution in [3.05, 3.63) is 34.5 Å². The predicted molar refractivity (Wildman–Crippen MR) is 61.0 cm³/mol. The molecule has 1 N–H and O–H groups in total. The van der Waals surface area contributed by atoms with E-state index in [2.05, 4.69) is 20.9 Å². The summed E-state index contributed by atoms with van der Waals surface area (Å²) in [6.07, 6.45) is 6.11. The number of carboxylic acids is 1. The van der Waals surface area contributed by atoms with E-state index in [9.17, 15) is 9.59 Å². The molecular formula is C10H7BrN2O3. The molecule has 2 aliphatic heterocycles. The summed E-state index contributed by atoms with van der Waals surface area (Å²) in [5, 5.41) is 8.60. The van der Waals surface area contributed by atoms with E-state index in [1.54, 1.807) is 23.3 Å². The van der Waals surface area contributed by atoms with Crippen LogP contribution in [0.5, 0.6) is 0 Å². The number of hydrogen-bond acceptors (Lipinski definition) is 3. The second kappa shape index (κ2) is 4.05. The molecule has 0 bridgehead atoms. The summed E-state index contributed by atoms with van der Waals surface area (Å²) in [6.45, 7) is 0.226. The minimum Gasteiger partial charge on any atom is -0.478 e. The van der Waals surface area contributed by atoms with Crippen LogP contribution < -0.4 is 0 Å². The van der Waals surface area contributed by atoms with Crippen LogP contribution in [0, 0.1) is 0 Å². The van der Waals surface area contributed by atoms with Gasteiger partial charge < -0.3 is 10.0 Å². The van der Waals surface area contributed by atoms with E-state index in [0.717, 1.165) is 10.6 Å². The first-order chi connectivity index (χ1) is 7.56. The molecular weight excluding hydrogens is 276 g/mol. The van der Waals surface area contributed by atoms with Gasteiger partial charge in [0, 0.05) is 22.3 Å². The van der Waals surface area contributed by atoms with E-state index in [0.29, 0.717) is 5.84 Å². The first-order valence-corrected chi connectivity index (χ1v) is 5.24. The number of carbonyl (C=O) groups is 2. The molecule has 0 unspecified atom stereocenters. The van der Waals surface area contributed by atoms with E-state index < -0.39 is 11.9 Å². The van der Waals surface area contributed by atoms with Gasteiger partial charge in [0.15, 0.2) is 0 Å². The number of rotatable bonds is 1. The minimum atomic E-state index is -1.14. The fourth-order valence-electron chi connectivity index (χ4n) is 1.42. The fraction of sp³-hybridized carbons (Fsp3) is 0.100. The molecule has 5 nitrogen and oxygen atoms in total. The molecule has 0 aromatic heterocycles. The molecule has 6 heteroatoms. The Bertz CT molecular complexity index is 488. The van der Waals surface area contributed by atoms with Gasteiger partial charge in [0.05, 0.1) is 6.54 Å². The van der Waals surface area contributed by atoms with E-state index in [1.807, 2.05) is 0 Å². The maximum atomic E-state index is 11.5. The largest absolute Gasteiger partial charge is 0.478 e. The van der Waals surface area contributed by atoms with Crippen LogP contribution in [0.2, 0.25) is 0 Å². The smallest absolute Gasteiger partial charge is 0.328 e. The zero-order valence-electron chi connectivity index (χ0n) is 8.05. The molecule has 82 valence electrons. The number of aliphatic imine (C=N–C) groups is 1. The van der Waals surface area contributed by atoms with Crippen LogP contribution in [0.15, 0.2) is 39.5 Å². The highest BCUT2D eigenvalue weighted by molar-refractivity contribution is 9.11. The number of nitrogens with zero attached hydrogens (tertiary/aromatic N) is 2. The van der Waals surface area contributed by atoms with Crippen molar-refractivity contribution < 1.29 is 14.7 Å². The van der Waals surface area contributed by atoms with Crippen molar-refractivity contribution in [1.82, 2.24) is 4.90 Å². The number of amidine groups is 1. The average molecular weight is 283 g/mol. The molecule has 0 atom stereocenters. The van der Waals surface area contributed by atoms with E-state index in [-0.39, 0.29) is 12.1 Å². The summed E-state index contributed by atoms with van der Waals surface area (Å²) >= 11 is 3.29. The van der Waals surface area contributed by atoms with E-state index in [1.165, 1.54) is 0 Å². The lowest BCUT2D eigenvalue weighted by molar-refractivity contribution is -0.131. The lowest BCUT2D eigenvalue weighted by Crippen LogP contribution is -2.35. The Kier molecular flexibility index (Phi) is 2.74. The number of amides is 1. The third-order valence-electron chi connectivity index (χ3n) is 2.09. The van der Waals surface area contributed by atoms with Crippen molar-refractivity contribution >= 4 is 33.6 Å². The predicted octanol–water partition coefficient (Wildman–Crippen LogP) is 1.04. The van der Waals surface area contributed by atoms with Crippen LogP contribution in [-0.2, 0) is 9.59 Å². The highest BCUT2D eigenvalue weighted by Crippen LogP contribution is 2.20. The Hall–Kier alpha value is -1.69. The maximum Gasteiger partial charge on any atom is 0.328 e. The molecule has 0 saturated carbocycles. The monoisotopic (exact) mass is 282 g/mol. The summed E-state index contributed by atoms with van der Waals surface area (Å²) in [7, 11) is 0. The number of carbonyl (C=O) groups excluding carboxylic acids is 1. The molecule has 0 aromatic carbocycles. The molecule has 0 spiro atoms. The number of carboxylic acid groups (broad SMARTS) is 1. The second-order valence-electron chi connectivity index (χ2n) is 3.26. The average Bonchev–Trinajstić information content (AvgIpc) is 2.19. The Balaban J connectivity index is 2.35. The summed E-state index contributed by atoms with van der Waals surface area (Å²) in [5.41, 5.74) is 0.170. The fourth-order valence-corrected chi connectivity index (χ4v) is 1.80. The van der Waals surface area contributed by atoms with Gasteiger partial charge in [0.25, 0.3) is 5.91 Å². The third kappa shape index (κ3) is 2.11. The van der Waals surface area contributed by atoms with E-state index in [4.69, 9.17) is 5.11 Å². The summed E-state index contributed by atoms with van der Waals surface area (Å²) < 4.78 is 0.843. The molecule has 0 fully saturated rings. The molecule has 1 amide bonds. The van der Waals surface area contributed by atoms with Gasteiger partial charge in [-0.2, -0.15) is 4.99 Å². The normalized spacial score (nSPS) is 21.7. The molecule has 0 radical (unpaired) electrons. The number of allylic oxidation sites excluding steroid dienone is 2. The standard InChI is InChI=1S/C10H7BrN2O3/c11-7-1-2-8-12-10(16)6(3-9(14)15)4-13(8)5-7/h1-3,5H,4H2,(H,14,15)/b6-3-. The van der Waals surface area contributed by atoms with Gasteiger partial charge in [-0.05, 0) is 28.1 Å². The van der Waals surface area contributed by atoms with Crippen LogP contribution in [0.4, 0.5) is 0 Å². The highest BCUT2D eigenvalue weighted by atomic mass is 79.9. The molecule has 16 heavy (non-hydrogen) atoms. The summed E-state index contributed by atoms with van der Waals surface area (Å²) in [4.78, 5) is 27.5. The van der Waals surface area contributed by atoms with Crippen LogP contribution in [-0.4, -0.2) is 34.3 Å². The first-order valence-electron chi connectivity index (χ1n) is 4.45. The van der Waals surface area contributed by atoms with Crippen molar-refractivity contribution in [2.75, 3.05) is 6.54 Å². The number of hydrogen-bond donors (Lipinski definition) is 1. The molecule has 2 aliphatic rings. The quantitative estimate of drug-likeness (QED) is 0.730. The lowest BCUT2D eigenvalue weighted by Gasteiger charge is -2.27. The SMILES string of the molecule is O=C(O)/C=C1/CN2C=C(Br)C=CC2=NC1=O. The van der Waals surface area contributed by atoms with Crippen LogP contribution in [0.3, 0.4) is 0 Å².